The molecule has 242 valence electrons. The van der Waals surface area contributed by atoms with E-state index in [1.165, 1.54) is 0 Å². The predicted octanol–water partition coefficient (Wildman–Crippen LogP) is 4.40. The first-order valence-corrected chi connectivity index (χ1v) is 15.7. The Hall–Kier alpha value is -2.72. The van der Waals surface area contributed by atoms with E-state index in [9.17, 15) is 19.5 Å². The second-order valence-corrected chi connectivity index (χ2v) is 12.4. The topological polar surface area (TPSA) is 115 Å². The van der Waals surface area contributed by atoms with Crippen molar-refractivity contribution in [3.63, 3.8) is 0 Å². The summed E-state index contributed by atoms with van der Waals surface area (Å²) in [5.41, 5.74) is 0.808. The van der Waals surface area contributed by atoms with Crippen LogP contribution in [0.5, 0.6) is 0 Å². The van der Waals surface area contributed by atoms with Crippen LogP contribution in [0.4, 0.5) is 0 Å². The van der Waals surface area contributed by atoms with Crippen molar-refractivity contribution in [2.24, 2.45) is 0 Å². The molecule has 1 aromatic carbocycles. The van der Waals surface area contributed by atoms with Gasteiger partial charge in [0, 0.05) is 44.4 Å². The molecule has 3 heterocycles. The van der Waals surface area contributed by atoms with Crippen LogP contribution in [0.2, 0.25) is 0 Å². The molecule has 3 aliphatic rings. The number of nitrogens with zero attached hydrogens (tertiary/aromatic N) is 3. The summed E-state index contributed by atoms with van der Waals surface area (Å²) < 4.78 is 0. The number of piperazine rings is 1. The van der Waals surface area contributed by atoms with Crippen molar-refractivity contribution in [2.45, 2.75) is 101 Å². The highest BCUT2D eigenvalue weighted by atomic mass is 35.5. The molecular formula is C33H47Cl2N5O4. The van der Waals surface area contributed by atoms with Gasteiger partial charge in [-0.1, -0.05) is 50.8 Å². The van der Waals surface area contributed by atoms with Crippen LogP contribution in [0, 0.1) is 0 Å². The third kappa shape index (κ3) is 8.30. The second kappa shape index (κ2) is 16.0. The molecule has 5 rings (SSSR count). The molecule has 11 heteroatoms. The number of piperidine rings is 1. The van der Waals surface area contributed by atoms with Crippen molar-refractivity contribution >= 4 is 42.5 Å². The minimum atomic E-state index is -0.870. The van der Waals surface area contributed by atoms with Crippen LogP contribution in [0.3, 0.4) is 0 Å². The summed E-state index contributed by atoms with van der Waals surface area (Å²) in [5.74, 6) is -0.239. The molecule has 2 aliphatic heterocycles. The number of unbranched alkanes of at least 4 members (excludes halogenated alkanes) is 1. The summed E-state index contributed by atoms with van der Waals surface area (Å²) in [6.45, 7) is 5.16. The molecule has 0 radical (unpaired) electrons. The zero-order valence-electron chi connectivity index (χ0n) is 25.6. The Morgan fingerprint density at radius 1 is 1.02 bits per heavy atom. The Balaban J connectivity index is 0.00000264. The summed E-state index contributed by atoms with van der Waals surface area (Å²) in [5, 5.41) is 17.1. The van der Waals surface area contributed by atoms with Gasteiger partial charge in [-0.2, -0.15) is 0 Å². The molecule has 1 aliphatic carbocycles. The minimum absolute atomic E-state index is 0. The lowest BCUT2D eigenvalue weighted by Crippen LogP contribution is -2.73. The van der Waals surface area contributed by atoms with Crippen LogP contribution in [0.15, 0.2) is 48.7 Å². The average molecular weight is 649 g/mol. The van der Waals surface area contributed by atoms with Gasteiger partial charge in [0.2, 0.25) is 11.8 Å². The van der Waals surface area contributed by atoms with Crippen molar-refractivity contribution in [3.05, 3.63) is 65.5 Å². The van der Waals surface area contributed by atoms with Gasteiger partial charge in [-0.05, 0) is 61.9 Å². The molecule has 1 saturated carbocycles. The number of aromatic nitrogens is 1. The molecule has 2 aromatic rings. The maximum atomic E-state index is 13.8. The largest absolute Gasteiger partial charge is 0.390 e. The number of carbonyl (C=O) groups excluding carboxylic acids is 3. The van der Waals surface area contributed by atoms with Gasteiger partial charge in [0.15, 0.2) is 0 Å². The monoisotopic (exact) mass is 647 g/mol. The number of hydrogen-bond donors (Lipinski definition) is 3. The summed E-state index contributed by atoms with van der Waals surface area (Å²) in [4.78, 5) is 48.5. The normalized spacial score (nSPS) is 21.1. The SMILES string of the molecule is CCCCN1C(=O)[C@@H](CC2(O)CCCCC2)NC(=O)C12CCN(Cc1ccc(C(=O)NCc3ccccn3)cc1)CC2.Cl.Cl. The summed E-state index contributed by atoms with van der Waals surface area (Å²) in [6, 6.07) is 12.6. The lowest BCUT2D eigenvalue weighted by atomic mass is 9.77. The highest BCUT2D eigenvalue weighted by molar-refractivity contribution is 6.00. The van der Waals surface area contributed by atoms with Crippen molar-refractivity contribution < 1.29 is 19.5 Å². The lowest BCUT2D eigenvalue weighted by Gasteiger charge is -2.52. The van der Waals surface area contributed by atoms with E-state index in [0.29, 0.717) is 70.4 Å². The first-order chi connectivity index (χ1) is 20.3. The Kier molecular flexibility index (Phi) is 13.0. The van der Waals surface area contributed by atoms with Crippen molar-refractivity contribution in [1.29, 1.82) is 0 Å². The maximum absolute atomic E-state index is 13.8. The van der Waals surface area contributed by atoms with Gasteiger partial charge in [0.1, 0.15) is 11.6 Å². The van der Waals surface area contributed by atoms with Gasteiger partial charge in [-0.25, -0.2) is 0 Å². The molecule has 3 N–H and O–H groups in total. The van der Waals surface area contributed by atoms with E-state index < -0.39 is 17.2 Å². The average Bonchev–Trinajstić information content (AvgIpc) is 3.01. The number of rotatable bonds is 10. The van der Waals surface area contributed by atoms with Crippen molar-refractivity contribution in [2.75, 3.05) is 19.6 Å². The smallest absolute Gasteiger partial charge is 0.251 e. The number of amides is 3. The number of carbonyl (C=O) groups is 3. The highest BCUT2D eigenvalue weighted by Gasteiger charge is 2.54. The van der Waals surface area contributed by atoms with E-state index in [2.05, 4.69) is 27.4 Å². The third-order valence-electron chi connectivity index (χ3n) is 9.37. The van der Waals surface area contributed by atoms with Crippen LogP contribution < -0.4 is 10.6 Å². The zero-order valence-corrected chi connectivity index (χ0v) is 27.3. The van der Waals surface area contributed by atoms with E-state index in [4.69, 9.17) is 0 Å². The minimum Gasteiger partial charge on any atom is -0.390 e. The Morgan fingerprint density at radius 3 is 2.36 bits per heavy atom. The number of pyridine rings is 1. The second-order valence-electron chi connectivity index (χ2n) is 12.4. The summed E-state index contributed by atoms with van der Waals surface area (Å²) in [7, 11) is 0. The van der Waals surface area contributed by atoms with E-state index in [0.717, 1.165) is 43.4 Å². The number of likely N-dealkylation sites (tertiary alicyclic amines) is 1. The van der Waals surface area contributed by atoms with E-state index >= 15 is 0 Å². The van der Waals surface area contributed by atoms with Crippen LogP contribution in [-0.2, 0) is 22.7 Å². The van der Waals surface area contributed by atoms with Gasteiger partial charge in [-0.3, -0.25) is 24.3 Å². The molecule has 3 fully saturated rings. The Bertz CT molecular complexity index is 1230. The van der Waals surface area contributed by atoms with Crippen molar-refractivity contribution in [3.8, 4) is 0 Å². The molecule has 1 aromatic heterocycles. The molecule has 1 spiro atoms. The molecule has 3 amide bonds. The molecule has 0 unspecified atom stereocenters. The molecular weight excluding hydrogens is 601 g/mol. The summed E-state index contributed by atoms with van der Waals surface area (Å²) >= 11 is 0. The van der Waals surface area contributed by atoms with E-state index in [1.807, 2.05) is 47.4 Å². The number of nitrogens with one attached hydrogen (secondary N) is 2. The molecule has 9 nitrogen and oxygen atoms in total. The number of halogens is 2. The zero-order chi connectivity index (χ0) is 29.6. The fraction of sp³-hybridized carbons (Fsp3) is 0.576. The third-order valence-corrected chi connectivity index (χ3v) is 9.37. The first kappa shape index (κ1) is 35.8. The number of aliphatic hydroxyl groups is 1. The van der Waals surface area contributed by atoms with Gasteiger partial charge in [0.05, 0.1) is 17.8 Å². The van der Waals surface area contributed by atoms with Crippen LogP contribution >= 0.6 is 24.8 Å². The fourth-order valence-corrected chi connectivity index (χ4v) is 6.82. The maximum Gasteiger partial charge on any atom is 0.251 e. The Morgan fingerprint density at radius 2 is 1.73 bits per heavy atom. The molecule has 2 saturated heterocycles. The van der Waals surface area contributed by atoms with E-state index in [1.54, 1.807) is 6.20 Å². The van der Waals surface area contributed by atoms with Gasteiger partial charge < -0.3 is 20.6 Å². The number of benzene rings is 1. The quantitative estimate of drug-likeness (QED) is 0.352. The van der Waals surface area contributed by atoms with Gasteiger partial charge >= 0.3 is 0 Å². The first-order valence-electron chi connectivity index (χ1n) is 15.7. The Labute approximate surface area is 273 Å². The standard InChI is InChI=1S/C33H45N5O4.2ClH/c1-2-3-19-38-30(40)28(22-32(42)14-6-4-7-15-32)36-31(41)33(38)16-20-37(21-17-33)24-25-10-12-26(13-11-25)29(39)35-23-27-9-5-8-18-34-27;;/h5,8-13,18,28,42H,2-4,6-7,14-17,19-24H2,1H3,(H,35,39)(H,36,41);2*1H/t28-;;/m1../s1. The van der Waals surface area contributed by atoms with Gasteiger partial charge in [-0.15, -0.1) is 24.8 Å². The predicted molar refractivity (Wildman–Crippen MR) is 175 cm³/mol. The molecule has 0 bridgehead atoms. The summed E-state index contributed by atoms with van der Waals surface area (Å²) in [6.07, 6.45) is 9.40. The van der Waals surface area contributed by atoms with Crippen LogP contribution in [0.25, 0.3) is 0 Å². The molecule has 1 atom stereocenters. The molecule has 44 heavy (non-hydrogen) atoms. The highest BCUT2D eigenvalue weighted by Crippen LogP contribution is 2.37. The fourth-order valence-electron chi connectivity index (χ4n) is 6.82. The van der Waals surface area contributed by atoms with Gasteiger partial charge in [0.25, 0.3) is 5.91 Å². The van der Waals surface area contributed by atoms with E-state index in [-0.39, 0.29) is 42.5 Å². The van der Waals surface area contributed by atoms with Crippen LogP contribution in [-0.4, -0.2) is 74.4 Å². The van der Waals surface area contributed by atoms with Crippen molar-refractivity contribution in [1.82, 2.24) is 25.4 Å². The lowest BCUT2D eigenvalue weighted by molar-refractivity contribution is -0.163. The van der Waals surface area contributed by atoms with Crippen LogP contribution in [0.1, 0.15) is 92.7 Å². The number of hydrogen-bond acceptors (Lipinski definition) is 6.